The Hall–Kier alpha value is -0.960. The Morgan fingerprint density at radius 1 is 1.11 bits per heavy atom. The molecule has 110 valence electrons. The van der Waals surface area contributed by atoms with Crippen molar-refractivity contribution in [3.05, 3.63) is 29.2 Å². The highest BCUT2D eigenvalue weighted by atomic mass is 16.3. The topological polar surface area (TPSA) is 55.4 Å². The molecule has 0 spiro atoms. The number of allylic oxidation sites excluding steroid dienone is 3. The molecule has 0 aliphatic heterocycles. The van der Waals surface area contributed by atoms with Gasteiger partial charge in [-0.3, -0.25) is 0 Å². The lowest BCUT2D eigenvalue weighted by Gasteiger charge is -2.17. The van der Waals surface area contributed by atoms with Gasteiger partial charge in [-0.1, -0.05) is 57.2 Å². The maximum atomic E-state index is 10.2. The van der Waals surface area contributed by atoms with Gasteiger partial charge in [-0.2, -0.15) is 4.91 Å². The maximum Gasteiger partial charge on any atom is 0.0865 e. The average molecular weight is 266 g/mol. The van der Waals surface area contributed by atoms with Gasteiger partial charge in [-0.05, 0) is 37.0 Å². The summed E-state index contributed by atoms with van der Waals surface area (Å²) in [4.78, 5) is 10.2. The van der Waals surface area contributed by atoms with Crippen molar-refractivity contribution < 1.29 is 0 Å². The van der Waals surface area contributed by atoms with Crippen LogP contribution in [-0.4, -0.2) is 12.6 Å². The van der Waals surface area contributed by atoms with E-state index < -0.39 is 0 Å². The van der Waals surface area contributed by atoms with Crippen LogP contribution in [0.1, 0.15) is 53.4 Å². The fraction of sp³-hybridized carbons (Fsp3) is 0.750. The Balaban J connectivity index is 3.69. The number of nitrogens with zero attached hydrogens (tertiary/aromatic N) is 1. The van der Waals surface area contributed by atoms with Crippen molar-refractivity contribution in [1.29, 1.82) is 0 Å². The van der Waals surface area contributed by atoms with E-state index in [9.17, 15) is 4.91 Å². The molecule has 0 aromatic heterocycles. The van der Waals surface area contributed by atoms with E-state index in [-0.39, 0.29) is 11.5 Å². The molecule has 0 heterocycles. The molecule has 2 N–H and O–H groups in total. The molecule has 0 amide bonds. The predicted octanol–water partition coefficient (Wildman–Crippen LogP) is 4.44. The number of nitroso groups, excluding NO2 is 1. The van der Waals surface area contributed by atoms with Crippen molar-refractivity contribution >= 4 is 0 Å². The number of nitrogens with two attached hydrogens (primary N) is 1. The number of hydrogen-bond donors (Lipinski definition) is 1. The van der Waals surface area contributed by atoms with Crippen LogP contribution in [0.3, 0.4) is 0 Å². The molecule has 0 aliphatic rings. The molecule has 0 radical (unpaired) electrons. The van der Waals surface area contributed by atoms with Gasteiger partial charge in [-0.25, -0.2) is 0 Å². The number of unbranched alkanes of at least 4 members (excludes halogenated alkanes) is 1. The van der Waals surface area contributed by atoms with Crippen LogP contribution in [0.4, 0.5) is 0 Å². The van der Waals surface area contributed by atoms with Crippen LogP contribution in [0, 0.1) is 16.2 Å². The van der Waals surface area contributed by atoms with Crippen molar-refractivity contribution in [3.8, 4) is 0 Å². The summed E-state index contributed by atoms with van der Waals surface area (Å²) < 4.78 is 0. The molecule has 3 heteroatoms. The first-order chi connectivity index (χ1) is 8.89. The van der Waals surface area contributed by atoms with Gasteiger partial charge in [0.2, 0.25) is 0 Å². The lowest BCUT2D eigenvalue weighted by Crippen LogP contribution is -2.25. The minimum Gasteiger partial charge on any atom is -0.327 e. The Morgan fingerprint density at radius 3 is 2.21 bits per heavy atom. The molecule has 0 saturated carbocycles. The molecule has 1 unspecified atom stereocenters. The summed E-state index contributed by atoms with van der Waals surface area (Å²) in [5.74, 6) is 0.540. The van der Waals surface area contributed by atoms with E-state index in [1.807, 2.05) is 0 Å². The van der Waals surface area contributed by atoms with E-state index >= 15 is 0 Å². The summed E-state index contributed by atoms with van der Waals surface area (Å²) in [6, 6.07) is 0.267. The van der Waals surface area contributed by atoms with E-state index in [0.29, 0.717) is 12.5 Å². The van der Waals surface area contributed by atoms with Crippen LogP contribution in [0.25, 0.3) is 0 Å². The van der Waals surface area contributed by atoms with E-state index in [2.05, 4.69) is 57.2 Å². The van der Waals surface area contributed by atoms with Gasteiger partial charge in [0.25, 0.3) is 0 Å². The number of rotatable bonds is 10. The minimum atomic E-state index is -0.0157. The zero-order valence-corrected chi connectivity index (χ0v) is 12.9. The first-order valence-corrected chi connectivity index (χ1v) is 7.24. The Kier molecular flexibility index (Phi) is 9.40. The normalized spacial score (nSPS) is 14.6. The van der Waals surface area contributed by atoms with Crippen LogP contribution in [0.5, 0.6) is 0 Å². The fourth-order valence-corrected chi connectivity index (χ4v) is 1.60. The van der Waals surface area contributed by atoms with Gasteiger partial charge in [0.05, 0.1) is 6.54 Å². The first kappa shape index (κ1) is 18.0. The summed E-state index contributed by atoms with van der Waals surface area (Å²) in [6.45, 7) is 8.80. The van der Waals surface area contributed by atoms with Gasteiger partial charge < -0.3 is 5.73 Å². The molecule has 0 aromatic rings. The summed E-state index contributed by atoms with van der Waals surface area (Å²) in [7, 11) is 0. The minimum absolute atomic E-state index is 0.0157. The Labute approximate surface area is 118 Å². The summed E-state index contributed by atoms with van der Waals surface area (Å²) in [5, 5.41) is 2.97. The van der Waals surface area contributed by atoms with E-state index in [4.69, 9.17) is 5.73 Å². The lowest BCUT2D eigenvalue weighted by atomic mass is 9.89. The molecule has 0 aliphatic carbocycles. The van der Waals surface area contributed by atoms with Gasteiger partial charge >= 0.3 is 0 Å². The number of hydrogen-bond acceptors (Lipinski definition) is 3. The summed E-state index contributed by atoms with van der Waals surface area (Å²) in [6.07, 6.45) is 12.7. The molecule has 0 rings (SSSR count). The Morgan fingerprint density at radius 2 is 1.68 bits per heavy atom. The highest BCUT2D eigenvalue weighted by Crippen LogP contribution is 2.21. The second kappa shape index (κ2) is 9.90. The van der Waals surface area contributed by atoms with Crippen molar-refractivity contribution in [2.24, 2.45) is 22.2 Å². The van der Waals surface area contributed by atoms with Gasteiger partial charge in [-0.15, -0.1) is 0 Å². The molecule has 0 saturated heterocycles. The highest BCUT2D eigenvalue weighted by molar-refractivity contribution is 4.92. The first-order valence-electron chi connectivity index (χ1n) is 7.24. The van der Waals surface area contributed by atoms with E-state index in [1.165, 1.54) is 0 Å². The SMILES string of the molecule is CC(C)C(N)CC=CCCC=CCC(C)(C)CN=O. The third kappa shape index (κ3) is 10.6. The van der Waals surface area contributed by atoms with Crippen molar-refractivity contribution in [3.63, 3.8) is 0 Å². The van der Waals surface area contributed by atoms with Crippen molar-refractivity contribution in [2.75, 3.05) is 6.54 Å². The highest BCUT2D eigenvalue weighted by Gasteiger charge is 2.15. The molecular weight excluding hydrogens is 236 g/mol. The third-order valence-electron chi connectivity index (χ3n) is 3.26. The molecule has 19 heavy (non-hydrogen) atoms. The smallest absolute Gasteiger partial charge is 0.0865 e. The van der Waals surface area contributed by atoms with Gasteiger partial charge in [0.15, 0.2) is 0 Å². The molecule has 3 nitrogen and oxygen atoms in total. The van der Waals surface area contributed by atoms with Crippen LogP contribution in [0.2, 0.25) is 0 Å². The molecule has 0 bridgehead atoms. The van der Waals surface area contributed by atoms with E-state index in [1.54, 1.807) is 0 Å². The van der Waals surface area contributed by atoms with Crippen LogP contribution in [0.15, 0.2) is 29.5 Å². The largest absolute Gasteiger partial charge is 0.327 e. The zero-order chi connectivity index (χ0) is 14.7. The summed E-state index contributed by atoms with van der Waals surface area (Å²) >= 11 is 0. The maximum absolute atomic E-state index is 10.2. The molecule has 0 aromatic carbocycles. The average Bonchev–Trinajstić information content (AvgIpc) is 2.31. The lowest BCUT2D eigenvalue weighted by molar-refractivity contribution is 0.384. The molecule has 1 atom stereocenters. The monoisotopic (exact) mass is 266 g/mol. The Bertz CT molecular complexity index is 293. The van der Waals surface area contributed by atoms with E-state index in [0.717, 1.165) is 25.7 Å². The summed E-state index contributed by atoms with van der Waals surface area (Å²) in [5.41, 5.74) is 5.94. The molecule has 0 fully saturated rings. The van der Waals surface area contributed by atoms with Crippen LogP contribution < -0.4 is 5.73 Å². The van der Waals surface area contributed by atoms with Gasteiger partial charge in [0, 0.05) is 6.04 Å². The fourth-order valence-electron chi connectivity index (χ4n) is 1.60. The second-order valence-corrected chi connectivity index (χ2v) is 6.32. The standard InChI is InChI=1S/C16H30N2O/c1-14(2)15(17)11-9-7-5-6-8-10-12-16(3,4)13-18-19/h7-10,14-15H,5-6,11-13,17H2,1-4H3. The zero-order valence-electron chi connectivity index (χ0n) is 12.9. The van der Waals surface area contributed by atoms with Crippen molar-refractivity contribution in [1.82, 2.24) is 0 Å². The van der Waals surface area contributed by atoms with Crippen molar-refractivity contribution in [2.45, 2.75) is 59.4 Å². The van der Waals surface area contributed by atoms with Crippen LogP contribution in [-0.2, 0) is 0 Å². The van der Waals surface area contributed by atoms with Crippen LogP contribution >= 0.6 is 0 Å². The molecular formula is C16H30N2O. The second-order valence-electron chi connectivity index (χ2n) is 6.32. The van der Waals surface area contributed by atoms with Gasteiger partial charge in [0.1, 0.15) is 0 Å². The third-order valence-corrected chi connectivity index (χ3v) is 3.26. The quantitative estimate of drug-likeness (QED) is 0.361. The predicted molar refractivity (Wildman–Crippen MR) is 84.0 cm³/mol.